The zero-order valence-corrected chi connectivity index (χ0v) is 12.6. The van der Waals surface area contributed by atoms with Gasteiger partial charge in [-0.2, -0.15) is 56.3 Å². The van der Waals surface area contributed by atoms with Gasteiger partial charge in [0.1, 0.15) is 0 Å². The first kappa shape index (κ1) is 24.7. The van der Waals surface area contributed by atoms with Crippen LogP contribution in [-0.2, 0) is 32.9 Å². The molecular formula is C3ClF9O7S3. The first-order valence-electron chi connectivity index (χ1n) is 3.80. The zero-order valence-electron chi connectivity index (χ0n) is 9.36. The van der Waals surface area contributed by atoms with Gasteiger partial charge in [0.25, 0.3) is 0 Å². The molecule has 0 aromatic heterocycles. The average Bonchev–Trinajstić information content (AvgIpc) is 2.08. The van der Waals surface area contributed by atoms with Gasteiger partial charge in [0.2, 0.25) is 0 Å². The molecule has 0 N–H and O–H groups in total. The molecule has 0 radical (unpaired) electrons. The van der Waals surface area contributed by atoms with Gasteiger partial charge in [0.15, 0.2) is 0 Å². The van der Waals surface area contributed by atoms with E-state index in [0.29, 0.717) is 0 Å². The van der Waals surface area contributed by atoms with E-state index in [2.05, 4.69) is 10.7 Å². The third-order valence-electron chi connectivity index (χ3n) is 1.02. The first-order valence-corrected chi connectivity index (χ1v) is 8.93. The van der Waals surface area contributed by atoms with Crippen molar-refractivity contribution < 1.29 is 68.4 Å². The van der Waals surface area contributed by atoms with E-state index in [0.717, 1.165) is 0 Å². The minimum atomic E-state index is -6.85. The molecule has 0 aromatic carbocycles. The number of alkyl halides is 9. The highest BCUT2D eigenvalue weighted by molar-refractivity contribution is 8.14. The van der Waals surface area contributed by atoms with Crippen molar-refractivity contribution in [2.24, 2.45) is 0 Å². The van der Waals surface area contributed by atoms with Gasteiger partial charge >= 0.3 is 45.8 Å². The lowest BCUT2D eigenvalue weighted by Gasteiger charge is -2.09. The summed E-state index contributed by atoms with van der Waals surface area (Å²) in [4.78, 5) is 0. The van der Waals surface area contributed by atoms with Gasteiger partial charge in [-0.3, -0.25) is 0 Å². The van der Waals surface area contributed by atoms with Gasteiger partial charge < -0.3 is 0 Å². The largest absolute Gasteiger partial charge is 0.524 e. The summed E-state index contributed by atoms with van der Waals surface area (Å²) < 4.78 is 161. The van der Waals surface area contributed by atoms with Gasteiger partial charge in [-0.25, -0.2) is 8.42 Å². The SMILES string of the molecule is O=S(=O)(Cl)C(F)(F)F.O=S(=O)(OS(=O)(=O)C(F)(F)F)C(F)(F)F. The number of hydrogen-bond acceptors (Lipinski definition) is 7. The Kier molecular flexibility index (Phi) is 7.27. The zero-order chi connectivity index (χ0) is 19.7. The summed E-state index contributed by atoms with van der Waals surface area (Å²) in [5.74, 6) is 0. The molecule has 0 bridgehead atoms. The maximum atomic E-state index is 11.4. The van der Waals surface area contributed by atoms with Gasteiger partial charge in [0, 0.05) is 10.7 Å². The van der Waals surface area contributed by atoms with Gasteiger partial charge in [-0.15, -0.1) is 3.63 Å². The molecule has 0 aromatic rings. The molecule has 0 aliphatic rings. The number of rotatable bonds is 2. The molecule has 0 unspecified atom stereocenters. The summed E-state index contributed by atoms with van der Waals surface area (Å²) in [6.07, 6.45) is 0. The van der Waals surface area contributed by atoms with Gasteiger partial charge in [-0.05, 0) is 0 Å². The molecule has 0 aliphatic carbocycles. The lowest BCUT2D eigenvalue weighted by molar-refractivity contribution is -0.0586. The fraction of sp³-hybridized carbons (Fsp3) is 1.00. The standard InChI is InChI=1S/C2F6O5S2.CClF3O2S/c3-1(4,5)14(9,10)13-15(11,12)2(6,7)8;2-8(6,7)1(3,4)5. The summed E-state index contributed by atoms with van der Waals surface area (Å²) in [7, 11) is -15.2. The van der Waals surface area contributed by atoms with E-state index in [1.807, 2.05) is 3.63 Å². The Balaban J connectivity index is 0. The van der Waals surface area contributed by atoms with Crippen LogP contribution in [-0.4, -0.2) is 41.8 Å². The lowest BCUT2D eigenvalue weighted by Crippen LogP contribution is -2.34. The minimum Gasteiger partial charge on any atom is -0.203 e. The van der Waals surface area contributed by atoms with Crippen molar-refractivity contribution in [1.82, 2.24) is 0 Å². The van der Waals surface area contributed by atoms with Crippen LogP contribution < -0.4 is 0 Å². The van der Waals surface area contributed by atoms with Crippen molar-refractivity contribution in [1.29, 1.82) is 0 Å². The molecule has 142 valence electrons. The predicted molar refractivity (Wildman–Crippen MR) is 51.9 cm³/mol. The van der Waals surface area contributed by atoms with Crippen LogP contribution in [0.2, 0.25) is 0 Å². The van der Waals surface area contributed by atoms with E-state index < -0.39 is 45.8 Å². The van der Waals surface area contributed by atoms with Crippen LogP contribution in [0.4, 0.5) is 39.5 Å². The smallest absolute Gasteiger partial charge is 0.203 e. The molecule has 0 spiro atoms. The highest BCUT2D eigenvalue weighted by Crippen LogP contribution is 2.32. The van der Waals surface area contributed by atoms with Gasteiger partial charge in [-0.1, -0.05) is 0 Å². The summed E-state index contributed by atoms with van der Waals surface area (Å²) in [6, 6.07) is 0. The Morgan fingerprint density at radius 2 is 0.739 bits per heavy atom. The Hall–Kier alpha value is -0.530. The molecule has 20 heteroatoms. The Bertz CT molecular complexity index is 666. The van der Waals surface area contributed by atoms with Crippen molar-refractivity contribution in [3.05, 3.63) is 0 Å². The monoisotopic (exact) mass is 450 g/mol. The van der Waals surface area contributed by atoms with Crippen LogP contribution >= 0.6 is 10.7 Å². The molecule has 0 rings (SSSR count). The fourth-order valence-electron chi connectivity index (χ4n) is 0.195. The van der Waals surface area contributed by atoms with Crippen molar-refractivity contribution in [3.63, 3.8) is 0 Å². The molecule has 0 heterocycles. The normalized spacial score (nSPS) is 14.9. The van der Waals surface area contributed by atoms with Crippen LogP contribution in [0.3, 0.4) is 0 Å². The Labute approximate surface area is 125 Å². The van der Waals surface area contributed by atoms with E-state index in [9.17, 15) is 64.8 Å². The molecule has 0 fully saturated rings. The van der Waals surface area contributed by atoms with Crippen LogP contribution in [0, 0.1) is 0 Å². The second-order valence-corrected chi connectivity index (χ2v) is 8.60. The quantitative estimate of drug-likeness (QED) is 0.358. The van der Waals surface area contributed by atoms with Crippen molar-refractivity contribution in [2.75, 3.05) is 0 Å². The maximum absolute atomic E-state index is 11.4. The highest BCUT2D eigenvalue weighted by atomic mass is 35.7. The second-order valence-electron chi connectivity index (χ2n) is 2.75. The van der Waals surface area contributed by atoms with Crippen molar-refractivity contribution in [2.45, 2.75) is 16.5 Å². The van der Waals surface area contributed by atoms with E-state index in [-0.39, 0.29) is 0 Å². The number of halogens is 10. The fourth-order valence-corrected chi connectivity index (χ4v) is 1.76. The van der Waals surface area contributed by atoms with Crippen LogP contribution in [0.1, 0.15) is 0 Å². The van der Waals surface area contributed by atoms with Gasteiger partial charge in [0.05, 0.1) is 0 Å². The van der Waals surface area contributed by atoms with Crippen LogP contribution in [0.25, 0.3) is 0 Å². The molecule has 0 atom stereocenters. The summed E-state index contributed by atoms with van der Waals surface area (Å²) in [5, 5.41) is 0. The Morgan fingerprint density at radius 1 is 0.565 bits per heavy atom. The highest BCUT2D eigenvalue weighted by Gasteiger charge is 2.57. The first-order chi connectivity index (χ1) is 9.46. The maximum Gasteiger partial charge on any atom is 0.524 e. The van der Waals surface area contributed by atoms with Crippen molar-refractivity contribution >= 4 is 40.0 Å². The second kappa shape index (κ2) is 6.76. The minimum absolute atomic E-state index is 2.05. The third kappa shape index (κ3) is 7.72. The molecule has 0 amide bonds. The van der Waals surface area contributed by atoms with Crippen LogP contribution in [0.15, 0.2) is 0 Å². The summed E-state index contributed by atoms with van der Waals surface area (Å²) in [6.45, 7) is 0. The molecular weight excluding hydrogens is 451 g/mol. The molecule has 0 saturated carbocycles. The average molecular weight is 451 g/mol. The summed E-state index contributed by atoms with van der Waals surface area (Å²) >= 11 is 0. The van der Waals surface area contributed by atoms with Crippen molar-refractivity contribution in [3.8, 4) is 0 Å². The van der Waals surface area contributed by atoms with E-state index in [1.54, 1.807) is 0 Å². The molecule has 0 aliphatic heterocycles. The molecule has 23 heavy (non-hydrogen) atoms. The molecule has 0 saturated heterocycles. The van der Waals surface area contributed by atoms with E-state index >= 15 is 0 Å². The van der Waals surface area contributed by atoms with E-state index in [4.69, 9.17) is 0 Å². The predicted octanol–water partition coefficient (Wildman–Crippen LogP) is 1.78. The summed E-state index contributed by atoms with van der Waals surface area (Å²) in [5.41, 5.74) is -17.8. The number of hydrogen-bond donors (Lipinski definition) is 0. The third-order valence-corrected chi connectivity index (χ3v) is 4.67. The molecule has 7 nitrogen and oxygen atoms in total. The lowest BCUT2D eigenvalue weighted by atomic mass is 11.6. The van der Waals surface area contributed by atoms with E-state index in [1.165, 1.54) is 0 Å². The van der Waals surface area contributed by atoms with Crippen LogP contribution in [0.5, 0.6) is 0 Å². The topological polar surface area (TPSA) is 112 Å². The Morgan fingerprint density at radius 3 is 0.826 bits per heavy atom.